The van der Waals surface area contributed by atoms with Gasteiger partial charge in [-0.3, -0.25) is 0 Å². The molecule has 1 spiro atoms. The first-order valence-electron chi connectivity index (χ1n) is 8.61. The van der Waals surface area contributed by atoms with Crippen LogP contribution in [0.25, 0.3) is 0 Å². The van der Waals surface area contributed by atoms with Crippen LogP contribution in [0.5, 0.6) is 0 Å². The standard InChI is InChI=1S/C17H31NO2/c1-13-4-3-5-14(10-13)16(18-2)15-6-8-20-17(11-15)7-9-19-12-17/h13-16,18H,3-12H2,1-2H3. The second-order valence-corrected chi connectivity index (χ2v) is 7.43. The predicted octanol–water partition coefficient (Wildman–Crippen LogP) is 2.99. The highest BCUT2D eigenvalue weighted by molar-refractivity contribution is 4.95. The third-order valence-corrected chi connectivity index (χ3v) is 5.92. The summed E-state index contributed by atoms with van der Waals surface area (Å²) in [5.41, 5.74) is 0.0539. The lowest BCUT2D eigenvalue weighted by Crippen LogP contribution is -2.49. The zero-order valence-electron chi connectivity index (χ0n) is 13.2. The maximum atomic E-state index is 6.11. The minimum absolute atomic E-state index is 0.0539. The Balaban J connectivity index is 1.65. The van der Waals surface area contributed by atoms with Crippen molar-refractivity contribution in [3.63, 3.8) is 0 Å². The lowest BCUT2D eigenvalue weighted by molar-refractivity contribution is -0.106. The molecule has 3 nitrogen and oxygen atoms in total. The molecule has 3 heteroatoms. The molecule has 1 aliphatic carbocycles. The van der Waals surface area contributed by atoms with E-state index in [1.165, 1.54) is 38.5 Å². The Labute approximate surface area is 123 Å². The van der Waals surface area contributed by atoms with Crippen LogP contribution in [-0.4, -0.2) is 38.5 Å². The van der Waals surface area contributed by atoms with Crippen molar-refractivity contribution in [1.29, 1.82) is 0 Å². The molecular formula is C17H31NO2. The van der Waals surface area contributed by atoms with Gasteiger partial charge >= 0.3 is 0 Å². The zero-order chi connectivity index (χ0) is 14.0. The van der Waals surface area contributed by atoms with Gasteiger partial charge in [0.05, 0.1) is 12.2 Å². The predicted molar refractivity (Wildman–Crippen MR) is 80.8 cm³/mol. The zero-order valence-corrected chi connectivity index (χ0v) is 13.2. The van der Waals surface area contributed by atoms with Crippen LogP contribution in [0.2, 0.25) is 0 Å². The quantitative estimate of drug-likeness (QED) is 0.862. The van der Waals surface area contributed by atoms with Crippen LogP contribution in [0.1, 0.15) is 51.9 Å². The maximum absolute atomic E-state index is 6.11. The average molecular weight is 281 g/mol. The molecule has 0 aromatic carbocycles. The van der Waals surface area contributed by atoms with E-state index in [1.54, 1.807) is 0 Å². The number of hydrogen-bond acceptors (Lipinski definition) is 3. The molecule has 1 N–H and O–H groups in total. The fraction of sp³-hybridized carbons (Fsp3) is 1.00. The van der Waals surface area contributed by atoms with Crippen molar-refractivity contribution in [2.45, 2.75) is 63.5 Å². The topological polar surface area (TPSA) is 30.5 Å². The molecule has 5 unspecified atom stereocenters. The Morgan fingerprint density at radius 3 is 2.75 bits per heavy atom. The molecule has 0 amide bonds. The highest BCUT2D eigenvalue weighted by atomic mass is 16.6. The van der Waals surface area contributed by atoms with Gasteiger partial charge in [-0.05, 0) is 50.5 Å². The second kappa shape index (κ2) is 6.33. The molecule has 116 valence electrons. The summed E-state index contributed by atoms with van der Waals surface area (Å²) in [5, 5.41) is 3.67. The van der Waals surface area contributed by atoms with E-state index in [0.29, 0.717) is 6.04 Å². The fourth-order valence-corrected chi connectivity index (χ4v) is 4.90. The van der Waals surface area contributed by atoms with Gasteiger partial charge in [0.2, 0.25) is 0 Å². The summed E-state index contributed by atoms with van der Waals surface area (Å²) in [4.78, 5) is 0. The van der Waals surface area contributed by atoms with E-state index >= 15 is 0 Å². The van der Waals surface area contributed by atoms with Crippen molar-refractivity contribution < 1.29 is 9.47 Å². The average Bonchev–Trinajstić information content (AvgIpc) is 2.88. The van der Waals surface area contributed by atoms with E-state index in [4.69, 9.17) is 9.47 Å². The smallest absolute Gasteiger partial charge is 0.0939 e. The van der Waals surface area contributed by atoms with Crippen LogP contribution in [-0.2, 0) is 9.47 Å². The normalized spacial score (nSPS) is 43.8. The van der Waals surface area contributed by atoms with Crippen LogP contribution < -0.4 is 5.32 Å². The second-order valence-electron chi connectivity index (χ2n) is 7.43. The summed E-state index contributed by atoms with van der Waals surface area (Å²) < 4.78 is 11.7. The Kier molecular flexibility index (Phi) is 4.68. The lowest BCUT2D eigenvalue weighted by Gasteiger charge is -2.44. The first-order chi connectivity index (χ1) is 9.72. The first kappa shape index (κ1) is 14.8. The highest BCUT2D eigenvalue weighted by Gasteiger charge is 2.44. The molecular weight excluding hydrogens is 250 g/mol. The third-order valence-electron chi connectivity index (χ3n) is 5.92. The molecule has 2 heterocycles. The highest BCUT2D eigenvalue weighted by Crippen LogP contribution is 2.41. The minimum atomic E-state index is 0.0539. The van der Waals surface area contributed by atoms with Gasteiger partial charge in [-0.1, -0.05) is 19.8 Å². The van der Waals surface area contributed by atoms with E-state index in [0.717, 1.165) is 44.0 Å². The van der Waals surface area contributed by atoms with Crippen LogP contribution in [0.15, 0.2) is 0 Å². The molecule has 0 aromatic rings. The Morgan fingerprint density at radius 2 is 2.05 bits per heavy atom. The van der Waals surface area contributed by atoms with Crippen LogP contribution >= 0.6 is 0 Å². The molecule has 3 aliphatic rings. The number of hydrogen-bond donors (Lipinski definition) is 1. The van der Waals surface area contributed by atoms with E-state index in [9.17, 15) is 0 Å². The molecule has 5 atom stereocenters. The summed E-state index contributed by atoms with van der Waals surface area (Å²) >= 11 is 0. The molecule has 0 aromatic heterocycles. The molecule has 2 saturated heterocycles. The largest absolute Gasteiger partial charge is 0.378 e. The van der Waals surface area contributed by atoms with E-state index in [-0.39, 0.29) is 5.60 Å². The summed E-state index contributed by atoms with van der Waals surface area (Å²) in [6.45, 7) is 5.06. The van der Waals surface area contributed by atoms with Gasteiger partial charge in [0, 0.05) is 25.7 Å². The number of ether oxygens (including phenoxy) is 2. The Morgan fingerprint density at radius 1 is 1.15 bits per heavy atom. The van der Waals surface area contributed by atoms with Gasteiger partial charge in [0.1, 0.15) is 0 Å². The summed E-state index contributed by atoms with van der Waals surface area (Å²) in [7, 11) is 2.16. The molecule has 3 rings (SSSR count). The Bertz CT molecular complexity index is 314. The van der Waals surface area contributed by atoms with E-state index < -0.39 is 0 Å². The van der Waals surface area contributed by atoms with Crippen molar-refractivity contribution in [3.8, 4) is 0 Å². The molecule has 0 bridgehead atoms. The van der Waals surface area contributed by atoms with E-state index in [1.807, 2.05) is 0 Å². The molecule has 2 aliphatic heterocycles. The number of nitrogens with one attached hydrogen (secondary N) is 1. The monoisotopic (exact) mass is 281 g/mol. The minimum Gasteiger partial charge on any atom is -0.378 e. The van der Waals surface area contributed by atoms with Crippen LogP contribution in [0, 0.1) is 17.8 Å². The van der Waals surface area contributed by atoms with Crippen molar-refractivity contribution >= 4 is 0 Å². The van der Waals surface area contributed by atoms with Crippen LogP contribution in [0.4, 0.5) is 0 Å². The summed E-state index contributed by atoms with van der Waals surface area (Å²) in [5.74, 6) is 2.55. The first-order valence-corrected chi connectivity index (χ1v) is 8.61. The number of rotatable bonds is 3. The van der Waals surface area contributed by atoms with Gasteiger partial charge in [-0.2, -0.15) is 0 Å². The molecule has 1 saturated carbocycles. The van der Waals surface area contributed by atoms with Gasteiger partial charge in [-0.25, -0.2) is 0 Å². The van der Waals surface area contributed by atoms with Crippen molar-refractivity contribution in [2.24, 2.45) is 17.8 Å². The fourth-order valence-electron chi connectivity index (χ4n) is 4.90. The van der Waals surface area contributed by atoms with Crippen molar-refractivity contribution in [3.05, 3.63) is 0 Å². The van der Waals surface area contributed by atoms with Gasteiger partial charge in [0.25, 0.3) is 0 Å². The third kappa shape index (κ3) is 3.05. The summed E-state index contributed by atoms with van der Waals surface area (Å²) in [6, 6.07) is 0.680. The van der Waals surface area contributed by atoms with Gasteiger partial charge in [-0.15, -0.1) is 0 Å². The summed E-state index contributed by atoms with van der Waals surface area (Å²) in [6.07, 6.45) is 9.19. The van der Waals surface area contributed by atoms with Crippen molar-refractivity contribution in [2.75, 3.05) is 26.9 Å². The Hall–Kier alpha value is -0.120. The van der Waals surface area contributed by atoms with Gasteiger partial charge < -0.3 is 14.8 Å². The molecule has 3 fully saturated rings. The van der Waals surface area contributed by atoms with Gasteiger partial charge in [0.15, 0.2) is 0 Å². The molecule has 0 radical (unpaired) electrons. The lowest BCUT2D eigenvalue weighted by atomic mass is 9.71. The maximum Gasteiger partial charge on any atom is 0.0939 e. The van der Waals surface area contributed by atoms with E-state index in [2.05, 4.69) is 19.3 Å². The van der Waals surface area contributed by atoms with Crippen LogP contribution in [0.3, 0.4) is 0 Å². The van der Waals surface area contributed by atoms with Crippen molar-refractivity contribution in [1.82, 2.24) is 5.32 Å². The molecule has 20 heavy (non-hydrogen) atoms. The SMILES string of the molecule is CNC(C1CCCC(C)C1)C1CCOC2(CCOC2)C1.